The number of benzene rings is 1. The van der Waals surface area contributed by atoms with Gasteiger partial charge in [0.15, 0.2) is 5.82 Å². The van der Waals surface area contributed by atoms with Gasteiger partial charge in [-0.15, -0.1) is 0 Å². The van der Waals surface area contributed by atoms with E-state index in [-0.39, 0.29) is 6.10 Å². The number of anilines is 3. The number of rotatable bonds is 5. The van der Waals surface area contributed by atoms with Crippen molar-refractivity contribution < 1.29 is 5.11 Å². The lowest BCUT2D eigenvalue weighted by Crippen LogP contribution is -2.21. The van der Waals surface area contributed by atoms with Crippen molar-refractivity contribution in [2.75, 3.05) is 30.8 Å². The van der Waals surface area contributed by atoms with Crippen LogP contribution in [0.25, 0.3) is 11.0 Å². The molecule has 1 atom stereocenters. The van der Waals surface area contributed by atoms with Crippen LogP contribution in [0.5, 0.6) is 0 Å². The van der Waals surface area contributed by atoms with Crippen molar-refractivity contribution >= 4 is 40.1 Å². The van der Waals surface area contributed by atoms with Gasteiger partial charge >= 0.3 is 0 Å². The van der Waals surface area contributed by atoms with Crippen molar-refractivity contribution in [1.29, 1.82) is 0 Å². The normalized spacial score (nSPS) is 17.2. The van der Waals surface area contributed by atoms with Gasteiger partial charge in [-0.25, -0.2) is 4.98 Å². The molecule has 28 heavy (non-hydrogen) atoms. The molecule has 3 heterocycles. The highest BCUT2D eigenvalue weighted by molar-refractivity contribution is 6.31. The van der Waals surface area contributed by atoms with Gasteiger partial charge < -0.3 is 15.7 Å². The summed E-state index contributed by atoms with van der Waals surface area (Å²) in [5.74, 6) is 1.15. The Labute approximate surface area is 168 Å². The SMILES string of the molecule is CNc1nc(Nc2cccc(Cl)c2C)c2ncc(CN3CCC(O)C3)cc2n1. The van der Waals surface area contributed by atoms with Crippen molar-refractivity contribution in [2.45, 2.75) is 26.0 Å². The second-order valence-corrected chi connectivity index (χ2v) is 7.48. The highest BCUT2D eigenvalue weighted by Gasteiger charge is 2.20. The Bertz CT molecular complexity index is 1010. The Morgan fingerprint density at radius 3 is 2.93 bits per heavy atom. The number of hydrogen-bond donors (Lipinski definition) is 3. The first kappa shape index (κ1) is 18.9. The van der Waals surface area contributed by atoms with E-state index in [1.807, 2.05) is 37.4 Å². The number of hydrogen-bond acceptors (Lipinski definition) is 7. The molecule has 3 aromatic rings. The predicted octanol–water partition coefficient (Wildman–Crippen LogP) is 3.34. The molecule has 0 spiro atoms. The van der Waals surface area contributed by atoms with Crippen LogP contribution in [0.3, 0.4) is 0 Å². The number of β-amino-alcohol motifs (C(OH)–C–C–N with tert-alkyl or cyclic N) is 1. The van der Waals surface area contributed by atoms with E-state index in [1.54, 1.807) is 7.05 Å². The van der Waals surface area contributed by atoms with Gasteiger partial charge in [0.1, 0.15) is 5.52 Å². The maximum Gasteiger partial charge on any atom is 0.225 e. The van der Waals surface area contributed by atoms with Crippen LogP contribution in [0.4, 0.5) is 17.5 Å². The van der Waals surface area contributed by atoms with Crippen molar-refractivity contribution in [3.05, 3.63) is 46.6 Å². The lowest BCUT2D eigenvalue weighted by atomic mass is 10.2. The van der Waals surface area contributed by atoms with Crippen molar-refractivity contribution in [3.8, 4) is 0 Å². The van der Waals surface area contributed by atoms with E-state index in [2.05, 4.69) is 30.5 Å². The fraction of sp³-hybridized carbons (Fsp3) is 0.350. The molecule has 1 fully saturated rings. The summed E-state index contributed by atoms with van der Waals surface area (Å²) in [5, 5.41) is 16.8. The molecule has 0 radical (unpaired) electrons. The van der Waals surface area contributed by atoms with Crippen LogP contribution in [-0.2, 0) is 6.54 Å². The Morgan fingerprint density at radius 1 is 1.32 bits per heavy atom. The number of fused-ring (bicyclic) bond motifs is 1. The summed E-state index contributed by atoms with van der Waals surface area (Å²) < 4.78 is 0. The molecule has 4 rings (SSSR count). The maximum absolute atomic E-state index is 9.73. The second-order valence-electron chi connectivity index (χ2n) is 7.07. The fourth-order valence-corrected chi connectivity index (χ4v) is 3.60. The molecule has 1 aliphatic rings. The van der Waals surface area contributed by atoms with E-state index < -0.39 is 0 Å². The fourth-order valence-electron chi connectivity index (χ4n) is 3.43. The molecule has 2 aromatic heterocycles. The third-order valence-corrected chi connectivity index (χ3v) is 5.40. The number of aliphatic hydroxyl groups excluding tert-OH is 1. The monoisotopic (exact) mass is 398 g/mol. The zero-order chi connectivity index (χ0) is 19.7. The van der Waals surface area contributed by atoms with Gasteiger partial charge in [-0.2, -0.15) is 4.98 Å². The van der Waals surface area contributed by atoms with E-state index in [0.29, 0.717) is 28.9 Å². The minimum atomic E-state index is -0.233. The van der Waals surface area contributed by atoms with E-state index in [9.17, 15) is 5.11 Å². The average Bonchev–Trinajstić information content (AvgIpc) is 3.09. The standard InChI is InChI=1S/C20H23ClN6O/c1-12-15(21)4-3-5-16(12)24-19-18-17(25-20(22-2)26-19)8-13(9-23-18)10-27-7-6-14(28)11-27/h3-5,8-9,14,28H,6-7,10-11H2,1-2H3,(H2,22,24,25,26). The summed E-state index contributed by atoms with van der Waals surface area (Å²) in [6.45, 7) is 4.30. The maximum atomic E-state index is 9.73. The summed E-state index contributed by atoms with van der Waals surface area (Å²) in [5.41, 5.74) is 4.35. The van der Waals surface area contributed by atoms with E-state index in [1.165, 1.54) is 0 Å². The third-order valence-electron chi connectivity index (χ3n) is 4.99. The molecule has 146 valence electrons. The van der Waals surface area contributed by atoms with Gasteiger partial charge in [0.05, 0.1) is 11.6 Å². The Morgan fingerprint density at radius 2 is 2.18 bits per heavy atom. The van der Waals surface area contributed by atoms with Crippen molar-refractivity contribution in [2.24, 2.45) is 0 Å². The number of aliphatic hydroxyl groups is 1. The van der Waals surface area contributed by atoms with Crippen LogP contribution >= 0.6 is 11.6 Å². The molecule has 0 amide bonds. The molecule has 3 N–H and O–H groups in total. The molecule has 1 aromatic carbocycles. The number of nitrogens with zero attached hydrogens (tertiary/aromatic N) is 4. The first-order chi connectivity index (χ1) is 13.5. The first-order valence-electron chi connectivity index (χ1n) is 9.30. The van der Waals surface area contributed by atoms with Crippen molar-refractivity contribution in [1.82, 2.24) is 19.9 Å². The van der Waals surface area contributed by atoms with Crippen LogP contribution in [0.2, 0.25) is 5.02 Å². The summed E-state index contributed by atoms with van der Waals surface area (Å²) in [6, 6.07) is 7.75. The van der Waals surface area contributed by atoms with E-state index in [0.717, 1.165) is 41.8 Å². The van der Waals surface area contributed by atoms with Crippen LogP contribution in [0.15, 0.2) is 30.5 Å². The summed E-state index contributed by atoms with van der Waals surface area (Å²) >= 11 is 6.25. The van der Waals surface area contributed by atoms with Gasteiger partial charge in [0.25, 0.3) is 0 Å². The third kappa shape index (κ3) is 3.87. The smallest absolute Gasteiger partial charge is 0.225 e. The largest absolute Gasteiger partial charge is 0.392 e. The molecular weight excluding hydrogens is 376 g/mol. The van der Waals surface area contributed by atoms with Crippen LogP contribution in [0, 0.1) is 6.92 Å². The number of nitrogens with one attached hydrogen (secondary N) is 2. The van der Waals surface area contributed by atoms with E-state index >= 15 is 0 Å². The molecule has 0 aliphatic carbocycles. The highest BCUT2D eigenvalue weighted by atomic mass is 35.5. The Balaban J connectivity index is 1.69. The number of likely N-dealkylation sites (tertiary alicyclic amines) is 1. The number of pyridine rings is 1. The van der Waals surface area contributed by atoms with Gasteiger partial charge in [-0.3, -0.25) is 9.88 Å². The quantitative estimate of drug-likeness (QED) is 0.607. The topological polar surface area (TPSA) is 86.2 Å². The minimum Gasteiger partial charge on any atom is -0.392 e. The molecule has 1 saturated heterocycles. The summed E-state index contributed by atoms with van der Waals surface area (Å²) in [7, 11) is 1.79. The Kier molecular flexibility index (Phi) is 5.30. The summed E-state index contributed by atoms with van der Waals surface area (Å²) in [4.78, 5) is 16.0. The van der Waals surface area contributed by atoms with Gasteiger partial charge in [0, 0.05) is 43.6 Å². The molecule has 0 saturated carbocycles. The first-order valence-corrected chi connectivity index (χ1v) is 9.68. The number of halogens is 1. The summed E-state index contributed by atoms with van der Waals surface area (Å²) in [6.07, 6.45) is 2.44. The molecule has 1 unspecified atom stereocenters. The minimum absolute atomic E-state index is 0.233. The van der Waals surface area contributed by atoms with Crippen LogP contribution in [0.1, 0.15) is 17.5 Å². The highest BCUT2D eigenvalue weighted by Crippen LogP contribution is 2.29. The second kappa shape index (κ2) is 7.87. The predicted molar refractivity (Wildman–Crippen MR) is 112 cm³/mol. The molecule has 1 aliphatic heterocycles. The zero-order valence-corrected chi connectivity index (χ0v) is 16.7. The van der Waals surface area contributed by atoms with Crippen LogP contribution in [-0.4, -0.2) is 51.2 Å². The zero-order valence-electron chi connectivity index (χ0n) is 15.9. The van der Waals surface area contributed by atoms with Crippen LogP contribution < -0.4 is 10.6 Å². The van der Waals surface area contributed by atoms with E-state index in [4.69, 9.17) is 11.6 Å². The molecule has 8 heteroatoms. The van der Waals surface area contributed by atoms with Crippen molar-refractivity contribution in [3.63, 3.8) is 0 Å². The molecule has 7 nitrogen and oxygen atoms in total. The Hall–Kier alpha value is -2.48. The number of aromatic nitrogens is 3. The van der Waals surface area contributed by atoms with Gasteiger partial charge in [0.2, 0.25) is 5.95 Å². The lowest BCUT2D eigenvalue weighted by molar-refractivity contribution is 0.175. The van der Waals surface area contributed by atoms with Gasteiger partial charge in [-0.1, -0.05) is 17.7 Å². The van der Waals surface area contributed by atoms with Gasteiger partial charge in [-0.05, 0) is 42.7 Å². The molecule has 0 bridgehead atoms. The lowest BCUT2D eigenvalue weighted by Gasteiger charge is -2.16. The molecular formula is C20H23ClN6O. The average molecular weight is 399 g/mol.